The van der Waals surface area contributed by atoms with E-state index in [1.54, 1.807) is 0 Å². The molecule has 0 spiro atoms. The molecule has 1 aromatic carbocycles. The zero-order chi connectivity index (χ0) is 8.55. The largest absolute Gasteiger partial charge is 0.489 e. The van der Waals surface area contributed by atoms with E-state index in [0.29, 0.717) is 6.10 Å². The van der Waals surface area contributed by atoms with E-state index in [-0.39, 0.29) is 0 Å². The molecule has 12 heavy (non-hydrogen) atoms. The van der Waals surface area contributed by atoms with Crippen molar-refractivity contribution in [3.8, 4) is 5.75 Å². The number of hydrogen-bond acceptors (Lipinski definition) is 1. The maximum atomic E-state index is 5.84. The lowest BCUT2D eigenvalue weighted by Gasteiger charge is -2.06. The molecule has 0 amide bonds. The zero-order valence-corrected chi connectivity index (χ0v) is 9.30. The smallest absolute Gasteiger partial charge is 0.134 e. The average molecular weight is 295 g/mol. The highest BCUT2D eigenvalue weighted by Crippen LogP contribution is 2.31. The first-order valence-electron chi connectivity index (χ1n) is 3.87. The first-order valence-corrected chi connectivity index (χ1v) is 5.33. The van der Waals surface area contributed by atoms with Crippen LogP contribution in [0.3, 0.4) is 0 Å². The van der Waals surface area contributed by atoms with Crippen LogP contribution in [0.1, 0.15) is 12.8 Å². The van der Waals surface area contributed by atoms with Crippen molar-refractivity contribution in [1.29, 1.82) is 0 Å². The van der Waals surface area contributed by atoms with Crippen LogP contribution in [-0.4, -0.2) is 6.10 Å². The van der Waals surface area contributed by atoms with Crippen LogP contribution in [-0.2, 0) is 0 Å². The van der Waals surface area contributed by atoms with Gasteiger partial charge in [-0.3, -0.25) is 0 Å². The molecular formula is C9H8ClIO. The fourth-order valence-electron chi connectivity index (χ4n) is 0.933. The van der Waals surface area contributed by atoms with Crippen molar-refractivity contribution in [2.45, 2.75) is 18.9 Å². The molecule has 0 aromatic heterocycles. The maximum Gasteiger partial charge on any atom is 0.134 e. The molecule has 0 radical (unpaired) electrons. The molecule has 64 valence electrons. The second-order valence-corrected chi connectivity index (χ2v) is 4.49. The van der Waals surface area contributed by atoms with Crippen molar-refractivity contribution in [3.63, 3.8) is 0 Å². The van der Waals surface area contributed by atoms with Gasteiger partial charge in [0.25, 0.3) is 0 Å². The third kappa shape index (κ3) is 2.04. The zero-order valence-electron chi connectivity index (χ0n) is 6.39. The second kappa shape index (κ2) is 3.42. The van der Waals surface area contributed by atoms with Crippen molar-refractivity contribution in [2.75, 3.05) is 0 Å². The Kier molecular flexibility index (Phi) is 2.46. The van der Waals surface area contributed by atoms with E-state index in [2.05, 4.69) is 22.6 Å². The van der Waals surface area contributed by atoms with E-state index in [1.165, 1.54) is 12.8 Å². The Labute approximate surface area is 90.2 Å². The van der Waals surface area contributed by atoms with E-state index in [0.717, 1.165) is 14.3 Å². The lowest BCUT2D eigenvalue weighted by Crippen LogP contribution is -1.97. The molecule has 0 atom stereocenters. The Morgan fingerprint density at radius 1 is 1.42 bits per heavy atom. The summed E-state index contributed by atoms with van der Waals surface area (Å²) in [6, 6.07) is 5.73. The molecule has 1 fully saturated rings. The molecule has 0 N–H and O–H groups in total. The summed E-state index contributed by atoms with van der Waals surface area (Å²) in [5, 5.41) is 0.742. The normalized spacial score (nSPS) is 16.2. The summed E-state index contributed by atoms with van der Waals surface area (Å²) >= 11 is 8.09. The van der Waals surface area contributed by atoms with Gasteiger partial charge in [-0.25, -0.2) is 0 Å². The quantitative estimate of drug-likeness (QED) is 0.759. The first-order chi connectivity index (χ1) is 5.75. The molecule has 0 saturated heterocycles. The first kappa shape index (κ1) is 8.63. The molecule has 1 saturated carbocycles. The van der Waals surface area contributed by atoms with E-state index >= 15 is 0 Å². The molecule has 3 heteroatoms. The minimum Gasteiger partial charge on any atom is -0.489 e. The Morgan fingerprint density at radius 3 is 2.83 bits per heavy atom. The van der Waals surface area contributed by atoms with Crippen molar-refractivity contribution >= 4 is 34.2 Å². The van der Waals surface area contributed by atoms with Crippen LogP contribution in [0.2, 0.25) is 5.02 Å². The van der Waals surface area contributed by atoms with Gasteiger partial charge in [0.15, 0.2) is 0 Å². The van der Waals surface area contributed by atoms with Gasteiger partial charge in [-0.1, -0.05) is 11.6 Å². The van der Waals surface area contributed by atoms with E-state index in [4.69, 9.17) is 16.3 Å². The molecule has 1 aromatic rings. The fraction of sp³-hybridized carbons (Fsp3) is 0.333. The molecular weight excluding hydrogens is 286 g/mol. The molecule has 2 rings (SSSR count). The summed E-state index contributed by atoms with van der Waals surface area (Å²) in [5.74, 6) is 0.922. The molecule has 1 aliphatic carbocycles. The lowest BCUT2D eigenvalue weighted by molar-refractivity contribution is 0.301. The van der Waals surface area contributed by atoms with E-state index in [9.17, 15) is 0 Å². The van der Waals surface area contributed by atoms with Crippen LogP contribution in [0.4, 0.5) is 0 Å². The highest BCUT2D eigenvalue weighted by Gasteiger charge is 2.24. The van der Waals surface area contributed by atoms with Crippen LogP contribution in [0, 0.1) is 3.57 Å². The van der Waals surface area contributed by atoms with Crippen LogP contribution in [0.5, 0.6) is 5.75 Å². The third-order valence-electron chi connectivity index (χ3n) is 1.71. The van der Waals surface area contributed by atoms with Gasteiger partial charge in [0.2, 0.25) is 0 Å². The summed E-state index contributed by atoms with van der Waals surface area (Å²) in [7, 11) is 0. The molecule has 0 unspecified atom stereocenters. The molecule has 1 nitrogen and oxygen atoms in total. The van der Waals surface area contributed by atoms with Gasteiger partial charge in [-0.05, 0) is 53.6 Å². The maximum absolute atomic E-state index is 5.84. The van der Waals surface area contributed by atoms with Crippen LogP contribution < -0.4 is 4.74 Å². The number of benzene rings is 1. The Bertz CT molecular complexity index is 297. The fourth-order valence-corrected chi connectivity index (χ4v) is 1.56. The average Bonchev–Trinajstić information content (AvgIpc) is 2.81. The van der Waals surface area contributed by atoms with Crippen LogP contribution in [0.15, 0.2) is 18.2 Å². The minimum absolute atomic E-state index is 0.442. The molecule has 1 aliphatic rings. The Balaban J connectivity index is 2.21. The number of halogens is 2. The van der Waals surface area contributed by atoms with Gasteiger partial charge >= 0.3 is 0 Å². The monoisotopic (exact) mass is 294 g/mol. The Hall–Kier alpha value is 0.0400. The van der Waals surface area contributed by atoms with Gasteiger partial charge in [0, 0.05) is 5.02 Å². The topological polar surface area (TPSA) is 9.23 Å². The summed E-state index contributed by atoms with van der Waals surface area (Å²) in [5.41, 5.74) is 0. The van der Waals surface area contributed by atoms with Gasteiger partial charge in [0.05, 0.1) is 9.67 Å². The van der Waals surface area contributed by atoms with Crippen molar-refractivity contribution in [1.82, 2.24) is 0 Å². The third-order valence-corrected chi connectivity index (χ3v) is 2.84. The van der Waals surface area contributed by atoms with Gasteiger partial charge in [-0.15, -0.1) is 0 Å². The van der Waals surface area contributed by atoms with Crippen molar-refractivity contribution in [3.05, 3.63) is 26.8 Å². The van der Waals surface area contributed by atoms with Gasteiger partial charge < -0.3 is 4.74 Å². The summed E-state index contributed by atoms with van der Waals surface area (Å²) in [6.07, 6.45) is 2.81. The second-order valence-electron chi connectivity index (χ2n) is 2.89. The predicted octanol–water partition coefficient (Wildman–Crippen LogP) is 3.49. The lowest BCUT2D eigenvalue weighted by atomic mass is 10.3. The summed E-state index contributed by atoms with van der Waals surface area (Å²) in [6.45, 7) is 0. The number of ether oxygens (including phenoxy) is 1. The number of rotatable bonds is 2. The van der Waals surface area contributed by atoms with Crippen LogP contribution >= 0.6 is 34.2 Å². The van der Waals surface area contributed by atoms with Gasteiger partial charge in [-0.2, -0.15) is 0 Å². The SMILES string of the molecule is Clc1ccc(I)c(OC2CC2)c1. The Morgan fingerprint density at radius 2 is 2.17 bits per heavy atom. The molecule has 0 aliphatic heterocycles. The highest BCUT2D eigenvalue weighted by molar-refractivity contribution is 14.1. The predicted molar refractivity (Wildman–Crippen MR) is 57.8 cm³/mol. The number of hydrogen-bond donors (Lipinski definition) is 0. The van der Waals surface area contributed by atoms with Gasteiger partial charge in [0.1, 0.15) is 5.75 Å². The standard InChI is InChI=1S/C9H8ClIO/c10-6-1-4-8(11)9(5-6)12-7-2-3-7/h1,4-5,7H,2-3H2. The molecule has 0 bridgehead atoms. The van der Waals surface area contributed by atoms with Crippen molar-refractivity contribution < 1.29 is 4.74 Å². The van der Waals surface area contributed by atoms with E-state index in [1.807, 2.05) is 18.2 Å². The van der Waals surface area contributed by atoms with Crippen molar-refractivity contribution in [2.24, 2.45) is 0 Å². The summed E-state index contributed by atoms with van der Waals surface area (Å²) in [4.78, 5) is 0. The van der Waals surface area contributed by atoms with Crippen LogP contribution in [0.25, 0.3) is 0 Å². The summed E-state index contributed by atoms with van der Waals surface area (Å²) < 4.78 is 6.77. The molecule has 0 heterocycles. The highest BCUT2D eigenvalue weighted by atomic mass is 127. The van der Waals surface area contributed by atoms with E-state index < -0.39 is 0 Å². The minimum atomic E-state index is 0.442.